The van der Waals surface area contributed by atoms with Crippen LogP contribution in [0.15, 0.2) is 6.07 Å². The third-order valence-electron chi connectivity index (χ3n) is 1.55. The average molecular weight is 347 g/mol. The molecule has 0 atom stereocenters. The van der Waals surface area contributed by atoms with E-state index in [0.717, 1.165) is 6.07 Å². The normalized spacial score (nSPS) is 11.3. The second-order valence-corrected chi connectivity index (χ2v) is 3.92. The van der Waals surface area contributed by atoms with E-state index in [1.54, 1.807) is 22.6 Å². The molecule has 0 aliphatic carbocycles. The van der Waals surface area contributed by atoms with Crippen molar-refractivity contribution in [2.24, 2.45) is 0 Å². The maximum absolute atomic E-state index is 11.9. The van der Waals surface area contributed by atoms with Crippen molar-refractivity contribution in [3.63, 3.8) is 0 Å². The lowest BCUT2D eigenvalue weighted by atomic mass is 10.3. The number of rotatable bonds is 2. The van der Waals surface area contributed by atoms with E-state index in [-0.39, 0.29) is 15.0 Å². The van der Waals surface area contributed by atoms with Crippen molar-refractivity contribution in [3.8, 4) is 5.75 Å². The van der Waals surface area contributed by atoms with Gasteiger partial charge in [0.1, 0.15) is 0 Å². The summed E-state index contributed by atoms with van der Waals surface area (Å²) in [7, 11) is 0. The minimum Gasteiger partial charge on any atom is -0.476 e. The number of aromatic carboxylic acids is 1. The SMILES string of the molecule is Cc1nc(C(=O)O)c(I)cc1OC(F)(F)F. The van der Waals surface area contributed by atoms with Crippen molar-refractivity contribution < 1.29 is 27.8 Å². The molecule has 1 aromatic rings. The van der Waals surface area contributed by atoms with E-state index in [0.29, 0.717) is 0 Å². The molecule has 0 aromatic carbocycles. The number of hydrogen-bond donors (Lipinski definition) is 1. The molecular formula is C8H5F3INO3. The zero-order chi connectivity index (χ0) is 12.5. The molecule has 16 heavy (non-hydrogen) atoms. The summed E-state index contributed by atoms with van der Waals surface area (Å²) in [5, 5.41) is 8.68. The van der Waals surface area contributed by atoms with Gasteiger partial charge in [-0.25, -0.2) is 9.78 Å². The van der Waals surface area contributed by atoms with Gasteiger partial charge in [-0.2, -0.15) is 0 Å². The molecule has 1 rings (SSSR count). The number of aromatic nitrogens is 1. The molecule has 0 radical (unpaired) electrons. The van der Waals surface area contributed by atoms with Crippen LogP contribution in [0.5, 0.6) is 5.75 Å². The molecule has 0 saturated carbocycles. The number of aryl methyl sites for hydroxylation is 1. The Morgan fingerprint density at radius 2 is 2.12 bits per heavy atom. The van der Waals surface area contributed by atoms with Crippen LogP contribution in [0.1, 0.15) is 16.2 Å². The lowest BCUT2D eigenvalue weighted by molar-refractivity contribution is -0.275. The van der Waals surface area contributed by atoms with Crippen LogP contribution in [0.2, 0.25) is 0 Å². The van der Waals surface area contributed by atoms with Crippen molar-refractivity contribution in [2.75, 3.05) is 0 Å². The summed E-state index contributed by atoms with van der Waals surface area (Å²) in [4.78, 5) is 14.2. The number of hydrogen-bond acceptors (Lipinski definition) is 3. The van der Waals surface area contributed by atoms with Crippen LogP contribution in [0.4, 0.5) is 13.2 Å². The van der Waals surface area contributed by atoms with Crippen molar-refractivity contribution in [3.05, 3.63) is 21.0 Å². The molecule has 1 aromatic heterocycles. The fourth-order valence-corrected chi connectivity index (χ4v) is 1.58. The molecule has 0 bridgehead atoms. The molecule has 0 unspecified atom stereocenters. The van der Waals surface area contributed by atoms with Crippen molar-refractivity contribution in [1.29, 1.82) is 0 Å². The quantitative estimate of drug-likeness (QED) is 0.836. The standard InChI is InChI=1S/C8H5F3INO3/c1-3-5(16-8(9,10)11)2-4(12)6(13-3)7(14)15/h2H,1H3,(H,14,15). The highest BCUT2D eigenvalue weighted by Crippen LogP contribution is 2.27. The summed E-state index contributed by atoms with van der Waals surface area (Å²) in [6.45, 7) is 1.24. The summed E-state index contributed by atoms with van der Waals surface area (Å²) in [5.41, 5.74) is -0.428. The fraction of sp³-hybridized carbons (Fsp3) is 0.250. The van der Waals surface area contributed by atoms with Gasteiger partial charge in [-0.15, -0.1) is 13.2 Å². The number of pyridine rings is 1. The van der Waals surface area contributed by atoms with Gasteiger partial charge in [-0.1, -0.05) is 0 Å². The number of carboxylic acid groups (broad SMARTS) is 1. The first-order valence-corrected chi connectivity index (χ1v) is 4.95. The fourth-order valence-electron chi connectivity index (χ4n) is 0.942. The van der Waals surface area contributed by atoms with Gasteiger partial charge in [0.05, 0.1) is 5.69 Å². The minimum absolute atomic E-state index is 0.0787. The predicted octanol–water partition coefficient (Wildman–Crippen LogP) is 2.59. The van der Waals surface area contributed by atoms with Gasteiger partial charge in [0.2, 0.25) is 0 Å². The van der Waals surface area contributed by atoms with E-state index in [9.17, 15) is 18.0 Å². The molecule has 0 spiro atoms. The van der Waals surface area contributed by atoms with Crippen molar-refractivity contribution >= 4 is 28.6 Å². The first-order valence-electron chi connectivity index (χ1n) is 3.87. The monoisotopic (exact) mass is 347 g/mol. The first-order chi connectivity index (χ1) is 7.20. The smallest absolute Gasteiger partial charge is 0.476 e. The Hall–Kier alpha value is -1.06. The Morgan fingerprint density at radius 3 is 2.56 bits per heavy atom. The van der Waals surface area contributed by atoms with E-state index >= 15 is 0 Å². The number of carboxylic acids is 1. The van der Waals surface area contributed by atoms with Crippen LogP contribution in [0.3, 0.4) is 0 Å². The molecule has 0 fully saturated rings. The number of halogens is 4. The van der Waals surface area contributed by atoms with Gasteiger partial charge in [-0.05, 0) is 35.6 Å². The van der Waals surface area contributed by atoms with Gasteiger partial charge in [0, 0.05) is 3.57 Å². The third kappa shape index (κ3) is 3.22. The van der Waals surface area contributed by atoms with Crippen LogP contribution in [-0.2, 0) is 0 Å². The average Bonchev–Trinajstić information content (AvgIpc) is 2.07. The highest BCUT2D eigenvalue weighted by Gasteiger charge is 2.32. The lowest BCUT2D eigenvalue weighted by Gasteiger charge is -2.11. The van der Waals surface area contributed by atoms with Gasteiger partial charge >= 0.3 is 12.3 Å². The predicted molar refractivity (Wildman–Crippen MR) is 55.3 cm³/mol. The highest BCUT2D eigenvalue weighted by atomic mass is 127. The maximum atomic E-state index is 11.9. The van der Waals surface area contributed by atoms with E-state index in [2.05, 4.69) is 9.72 Å². The van der Waals surface area contributed by atoms with E-state index in [1.807, 2.05) is 0 Å². The minimum atomic E-state index is -4.82. The van der Waals surface area contributed by atoms with Crippen LogP contribution < -0.4 is 4.74 Å². The van der Waals surface area contributed by atoms with Crippen LogP contribution in [0, 0.1) is 10.5 Å². The molecule has 8 heteroatoms. The maximum Gasteiger partial charge on any atom is 0.573 e. The summed E-state index contributed by atoms with van der Waals surface area (Å²) >= 11 is 1.58. The zero-order valence-corrected chi connectivity index (χ0v) is 9.96. The van der Waals surface area contributed by atoms with Gasteiger partial charge < -0.3 is 9.84 Å². The van der Waals surface area contributed by atoms with Crippen LogP contribution in [-0.4, -0.2) is 22.4 Å². The first kappa shape index (κ1) is 13.0. The van der Waals surface area contributed by atoms with E-state index in [4.69, 9.17) is 5.11 Å². The molecule has 4 nitrogen and oxygen atoms in total. The van der Waals surface area contributed by atoms with Crippen molar-refractivity contribution in [2.45, 2.75) is 13.3 Å². The molecule has 0 aliphatic heterocycles. The summed E-state index contributed by atoms with van der Waals surface area (Å²) in [6, 6.07) is 0.986. The largest absolute Gasteiger partial charge is 0.573 e. The second kappa shape index (κ2) is 4.44. The lowest BCUT2D eigenvalue weighted by Crippen LogP contribution is -2.19. The number of ether oxygens (including phenoxy) is 1. The molecule has 1 heterocycles. The Morgan fingerprint density at radius 1 is 1.56 bits per heavy atom. The van der Waals surface area contributed by atoms with E-state index < -0.39 is 18.1 Å². The number of alkyl halides is 3. The highest BCUT2D eigenvalue weighted by molar-refractivity contribution is 14.1. The summed E-state index contributed by atoms with van der Waals surface area (Å²) in [6.07, 6.45) is -4.82. The van der Waals surface area contributed by atoms with Crippen LogP contribution in [0.25, 0.3) is 0 Å². The molecular weight excluding hydrogens is 342 g/mol. The summed E-state index contributed by atoms with van der Waals surface area (Å²) in [5.74, 6) is -1.80. The Bertz CT molecular complexity index is 433. The molecule has 0 aliphatic rings. The molecule has 0 amide bonds. The van der Waals surface area contributed by atoms with Gasteiger partial charge in [0.15, 0.2) is 11.4 Å². The van der Waals surface area contributed by atoms with Gasteiger partial charge in [-0.3, -0.25) is 0 Å². The second-order valence-electron chi connectivity index (χ2n) is 2.76. The Labute approximate surface area is 102 Å². The Balaban J connectivity index is 3.16. The number of nitrogens with zero attached hydrogens (tertiary/aromatic N) is 1. The van der Waals surface area contributed by atoms with Crippen LogP contribution >= 0.6 is 22.6 Å². The zero-order valence-electron chi connectivity index (χ0n) is 7.80. The molecule has 0 saturated heterocycles. The molecule has 1 N–H and O–H groups in total. The Kier molecular flexibility index (Phi) is 3.61. The van der Waals surface area contributed by atoms with Gasteiger partial charge in [0.25, 0.3) is 0 Å². The topological polar surface area (TPSA) is 59.4 Å². The third-order valence-corrected chi connectivity index (χ3v) is 2.37. The number of carbonyl (C=O) groups is 1. The summed E-state index contributed by atoms with van der Waals surface area (Å²) < 4.78 is 39.6. The molecule has 88 valence electrons. The van der Waals surface area contributed by atoms with Crippen molar-refractivity contribution in [1.82, 2.24) is 4.98 Å². The van der Waals surface area contributed by atoms with E-state index in [1.165, 1.54) is 6.92 Å².